The first-order chi connectivity index (χ1) is 3.42. The van der Waals surface area contributed by atoms with Gasteiger partial charge in [0.2, 0.25) is 0 Å². The number of rotatable bonds is 1. The summed E-state index contributed by atoms with van der Waals surface area (Å²) in [6.07, 6.45) is 0.814. The van der Waals surface area contributed by atoms with Crippen molar-refractivity contribution in [3.8, 4) is 0 Å². The molecule has 7 heteroatoms. The van der Waals surface area contributed by atoms with Gasteiger partial charge in [-0.2, -0.15) is 8.42 Å². The van der Waals surface area contributed by atoms with E-state index in [-0.39, 0.29) is 80.9 Å². The Balaban J connectivity index is -0.000000245. The van der Waals surface area contributed by atoms with Crippen LogP contribution in [0.4, 0.5) is 0 Å². The van der Waals surface area contributed by atoms with E-state index in [1.54, 1.807) is 0 Å². The van der Waals surface area contributed by atoms with Gasteiger partial charge in [0, 0.05) is 6.92 Å². The molecular weight excluding hydrogens is 194 g/mol. The van der Waals surface area contributed by atoms with Crippen molar-refractivity contribution < 1.29 is 17.4 Å². The van der Waals surface area contributed by atoms with E-state index in [1.165, 1.54) is 0 Å². The first-order valence-corrected chi connectivity index (χ1v) is 3.63. The fraction of sp³-hybridized carbons (Fsp3) is 0.667. The molecule has 0 amide bonds. The molecule has 0 aromatic rings. The van der Waals surface area contributed by atoms with Gasteiger partial charge in [-0.15, -0.1) is 0 Å². The Labute approximate surface area is 125 Å². The Morgan fingerprint density at radius 1 is 1.40 bits per heavy atom. The number of carbonyl (C=O) groups is 1. The molecule has 0 heterocycles. The number of carbonyl (C=O) groups excluding carboxylic acids is 1. The summed E-state index contributed by atoms with van der Waals surface area (Å²) in [5.74, 6) is -0.812. The molecule has 0 bridgehead atoms. The predicted molar refractivity (Wildman–Crippen MR) is 40.9 cm³/mol. The Bertz CT molecular complexity index is 187. The second-order valence-corrected chi connectivity index (χ2v) is 2.85. The molecule has 0 spiro atoms. The van der Waals surface area contributed by atoms with Crippen LogP contribution in [0, 0.1) is 0 Å². The maximum atomic E-state index is 10.00. The van der Waals surface area contributed by atoms with Gasteiger partial charge in [0.15, 0.2) is 0 Å². The van der Waals surface area contributed by atoms with E-state index in [0.717, 1.165) is 13.2 Å². The van der Waals surface area contributed by atoms with Crippen molar-refractivity contribution in [3.05, 3.63) is 0 Å². The molecule has 0 N–H and O–H groups in total. The van der Waals surface area contributed by atoms with Crippen LogP contribution in [-0.2, 0) is 19.1 Å². The molecule has 0 aliphatic carbocycles. The van der Waals surface area contributed by atoms with Crippen molar-refractivity contribution in [2.24, 2.45) is 0 Å². The van der Waals surface area contributed by atoms with Gasteiger partial charge in [-0.1, -0.05) is 0 Å². The third-order valence-electron chi connectivity index (χ3n) is 0.269. The Morgan fingerprint density at radius 3 is 1.70 bits per heavy atom. The van der Waals surface area contributed by atoms with Crippen LogP contribution in [0.5, 0.6) is 0 Å². The van der Waals surface area contributed by atoms with Crippen molar-refractivity contribution in [1.29, 1.82) is 0 Å². The Hall–Kier alpha value is 2.06. The molecule has 0 rings (SSSR count). The number of hydrogen-bond donors (Lipinski definition) is 0. The van der Waals surface area contributed by atoms with Gasteiger partial charge >= 0.3 is 97.0 Å². The molecule has 4 nitrogen and oxygen atoms in total. The van der Waals surface area contributed by atoms with E-state index in [4.69, 9.17) is 0 Å². The SMILES string of the molecule is CC(=O)OS(C)(=O)=O.[KH].[NaH]. The summed E-state index contributed by atoms with van der Waals surface area (Å²) in [7, 11) is -3.57. The van der Waals surface area contributed by atoms with Crippen molar-refractivity contribution in [2.75, 3.05) is 6.26 Å². The average molecular weight is 202 g/mol. The molecule has 52 valence electrons. The quantitative estimate of drug-likeness (QED) is 0.372. The van der Waals surface area contributed by atoms with Crippen LogP contribution in [0.2, 0.25) is 0 Å². The average Bonchev–Trinajstić information content (AvgIpc) is 1.21. The third kappa shape index (κ3) is 16.6. The molecule has 10 heavy (non-hydrogen) atoms. The summed E-state index contributed by atoms with van der Waals surface area (Å²) < 4.78 is 23.8. The van der Waals surface area contributed by atoms with E-state index < -0.39 is 16.1 Å². The summed E-state index contributed by atoms with van der Waals surface area (Å²) >= 11 is 0. The van der Waals surface area contributed by atoms with Crippen LogP contribution >= 0.6 is 0 Å². The standard InChI is InChI=1S/C3H6O4S.K.Na.2H/c1-3(4)7-8(2,5)6;;;;/h1-2H3;;;;. The van der Waals surface area contributed by atoms with Gasteiger partial charge in [0.1, 0.15) is 0 Å². The zero-order chi connectivity index (χ0) is 6.78. The van der Waals surface area contributed by atoms with Gasteiger partial charge in [-0.05, 0) is 0 Å². The summed E-state index contributed by atoms with van der Waals surface area (Å²) in [6, 6.07) is 0. The van der Waals surface area contributed by atoms with Crippen LogP contribution in [0.25, 0.3) is 0 Å². The molecule has 0 saturated carbocycles. The fourth-order valence-corrected chi connectivity index (χ4v) is 0.640. The van der Waals surface area contributed by atoms with Gasteiger partial charge in [0.25, 0.3) is 0 Å². The normalized spacial score (nSPS) is 8.60. The monoisotopic (exact) mass is 202 g/mol. The molecule has 0 atom stereocenters. The first-order valence-electron chi connectivity index (χ1n) is 1.82. The molecule has 0 aliphatic rings. The molecular formula is C3H8KNaO4S. The van der Waals surface area contributed by atoms with Crippen LogP contribution < -0.4 is 0 Å². The Morgan fingerprint density at radius 2 is 1.70 bits per heavy atom. The van der Waals surface area contributed by atoms with Gasteiger partial charge in [-0.25, -0.2) is 0 Å². The van der Waals surface area contributed by atoms with Crippen molar-refractivity contribution in [2.45, 2.75) is 6.92 Å². The number of hydrogen-bond acceptors (Lipinski definition) is 4. The summed E-state index contributed by atoms with van der Waals surface area (Å²) in [5, 5.41) is 0. The van der Waals surface area contributed by atoms with E-state index in [0.29, 0.717) is 0 Å². The first kappa shape index (κ1) is 18.0. The second kappa shape index (κ2) is 7.69. The van der Waals surface area contributed by atoms with Crippen LogP contribution in [0.1, 0.15) is 6.92 Å². The van der Waals surface area contributed by atoms with E-state index in [1.807, 2.05) is 0 Å². The maximum absolute atomic E-state index is 10.00. The van der Waals surface area contributed by atoms with Crippen LogP contribution in [0.3, 0.4) is 0 Å². The van der Waals surface area contributed by atoms with Crippen LogP contribution in [-0.4, -0.2) is 102 Å². The minimum absolute atomic E-state index is 0. The van der Waals surface area contributed by atoms with E-state index in [9.17, 15) is 13.2 Å². The molecule has 0 fully saturated rings. The van der Waals surface area contributed by atoms with E-state index in [2.05, 4.69) is 4.18 Å². The molecule has 0 aromatic carbocycles. The molecule has 0 aliphatic heterocycles. The van der Waals surface area contributed by atoms with Crippen LogP contribution in [0.15, 0.2) is 0 Å². The fourth-order valence-electron chi connectivity index (χ4n) is 0.213. The van der Waals surface area contributed by atoms with E-state index >= 15 is 0 Å². The second-order valence-electron chi connectivity index (χ2n) is 1.28. The summed E-state index contributed by atoms with van der Waals surface area (Å²) in [5.41, 5.74) is 0. The van der Waals surface area contributed by atoms with Crippen molar-refractivity contribution >= 4 is 97.0 Å². The molecule has 0 aromatic heterocycles. The zero-order valence-corrected chi connectivity index (χ0v) is 5.36. The zero-order valence-electron chi connectivity index (χ0n) is 4.54. The van der Waals surface area contributed by atoms with Gasteiger partial charge in [-0.3, -0.25) is 4.79 Å². The third-order valence-corrected chi connectivity index (χ3v) is 0.806. The van der Waals surface area contributed by atoms with Crippen molar-refractivity contribution in [1.82, 2.24) is 0 Å². The van der Waals surface area contributed by atoms with Crippen molar-refractivity contribution in [3.63, 3.8) is 0 Å². The molecule has 0 unspecified atom stereocenters. The summed E-state index contributed by atoms with van der Waals surface area (Å²) in [4.78, 5) is 9.86. The van der Waals surface area contributed by atoms with Gasteiger partial charge < -0.3 is 4.18 Å². The molecule has 0 radical (unpaired) electrons. The topological polar surface area (TPSA) is 60.4 Å². The molecule has 0 saturated heterocycles. The van der Waals surface area contributed by atoms with Gasteiger partial charge in [0.05, 0.1) is 6.26 Å². The summed E-state index contributed by atoms with van der Waals surface area (Å²) in [6.45, 7) is 1.03. The minimum atomic E-state index is -3.57. The predicted octanol–water partition coefficient (Wildman–Crippen LogP) is -1.79. The Kier molecular flexibility index (Phi) is 13.8.